The summed E-state index contributed by atoms with van der Waals surface area (Å²) in [5.74, 6) is -0.536. The van der Waals surface area contributed by atoms with E-state index in [1.807, 2.05) is 0 Å². The molecule has 1 saturated heterocycles. The number of rotatable bonds is 7. The Bertz CT molecular complexity index is 679. The zero-order chi connectivity index (χ0) is 18.5. The minimum atomic E-state index is -0.233. The minimum absolute atomic E-state index is 0.0445. The van der Waals surface area contributed by atoms with Gasteiger partial charge in [0.1, 0.15) is 0 Å². The number of benzene rings is 1. The van der Waals surface area contributed by atoms with Gasteiger partial charge in [-0.05, 0) is 50.9 Å². The normalized spacial score (nSPS) is 18.3. The number of hydrogen-bond acceptors (Lipinski definition) is 4. The molecule has 0 bridgehead atoms. The molecule has 2 fully saturated rings. The molecule has 1 saturated carbocycles. The number of para-hydroxylation sites is 1. The molecule has 0 aromatic heterocycles. The molecule has 0 radical (unpaired) electrons. The molecule has 7 heteroatoms. The third-order valence-corrected chi connectivity index (χ3v) is 5.00. The van der Waals surface area contributed by atoms with Crippen LogP contribution >= 0.6 is 0 Å². The second-order valence-corrected chi connectivity index (χ2v) is 7.11. The smallest absolute Gasteiger partial charge is 0.253 e. The number of hydrogen-bond donors (Lipinski definition) is 3. The van der Waals surface area contributed by atoms with Crippen molar-refractivity contribution in [3.8, 4) is 0 Å². The van der Waals surface area contributed by atoms with Crippen LogP contribution in [-0.2, 0) is 9.59 Å². The zero-order valence-electron chi connectivity index (χ0n) is 14.9. The van der Waals surface area contributed by atoms with Crippen LogP contribution in [0.4, 0.5) is 5.69 Å². The molecule has 1 aromatic carbocycles. The van der Waals surface area contributed by atoms with Crippen LogP contribution in [0.2, 0.25) is 0 Å². The fourth-order valence-electron chi connectivity index (χ4n) is 3.19. The lowest BCUT2D eigenvalue weighted by Crippen LogP contribution is -2.39. The van der Waals surface area contributed by atoms with Crippen molar-refractivity contribution in [2.24, 2.45) is 11.7 Å². The summed E-state index contributed by atoms with van der Waals surface area (Å²) in [6.07, 6.45) is 3.89. The van der Waals surface area contributed by atoms with Gasteiger partial charge in [0.05, 0.1) is 11.3 Å². The van der Waals surface area contributed by atoms with E-state index in [9.17, 15) is 14.4 Å². The number of carbonyl (C=O) groups excluding carboxylic acids is 3. The molecule has 0 spiro atoms. The minimum Gasteiger partial charge on any atom is -0.369 e. The third-order valence-electron chi connectivity index (χ3n) is 5.00. The van der Waals surface area contributed by atoms with E-state index in [0.29, 0.717) is 24.2 Å². The van der Waals surface area contributed by atoms with E-state index in [-0.39, 0.29) is 29.7 Å². The molecule has 2 aliphatic rings. The van der Waals surface area contributed by atoms with E-state index in [1.165, 1.54) is 0 Å². The third kappa shape index (κ3) is 5.05. The van der Waals surface area contributed by atoms with Crippen LogP contribution in [-0.4, -0.2) is 48.3 Å². The van der Waals surface area contributed by atoms with Crippen molar-refractivity contribution in [2.75, 3.05) is 25.0 Å². The average molecular weight is 358 g/mol. The van der Waals surface area contributed by atoms with Gasteiger partial charge in [-0.2, -0.15) is 0 Å². The van der Waals surface area contributed by atoms with Crippen molar-refractivity contribution in [1.82, 2.24) is 10.2 Å². The summed E-state index contributed by atoms with van der Waals surface area (Å²) < 4.78 is 0. The largest absolute Gasteiger partial charge is 0.369 e. The Labute approximate surface area is 153 Å². The first-order valence-corrected chi connectivity index (χ1v) is 9.24. The summed E-state index contributed by atoms with van der Waals surface area (Å²) in [4.78, 5) is 37.9. The van der Waals surface area contributed by atoms with Gasteiger partial charge in [-0.15, -0.1) is 0 Å². The lowest BCUT2D eigenvalue weighted by atomic mass is 9.96. The Kier molecular flexibility index (Phi) is 5.88. The summed E-state index contributed by atoms with van der Waals surface area (Å²) in [6.45, 7) is 2.19. The van der Waals surface area contributed by atoms with Gasteiger partial charge in [0, 0.05) is 24.9 Å². The Balaban J connectivity index is 1.48. The first-order chi connectivity index (χ1) is 12.5. The molecule has 3 amide bonds. The fourth-order valence-corrected chi connectivity index (χ4v) is 3.19. The molecule has 7 nitrogen and oxygen atoms in total. The predicted molar refractivity (Wildman–Crippen MR) is 98.5 cm³/mol. The van der Waals surface area contributed by atoms with Gasteiger partial charge < -0.3 is 21.3 Å². The maximum atomic E-state index is 12.3. The first-order valence-electron chi connectivity index (χ1n) is 9.24. The highest BCUT2D eigenvalue weighted by Gasteiger charge is 2.25. The van der Waals surface area contributed by atoms with E-state index in [4.69, 9.17) is 5.73 Å². The van der Waals surface area contributed by atoms with Crippen molar-refractivity contribution < 1.29 is 14.4 Å². The summed E-state index contributed by atoms with van der Waals surface area (Å²) in [5, 5.41) is 5.80. The monoisotopic (exact) mass is 358 g/mol. The number of primary amides is 1. The van der Waals surface area contributed by atoms with Gasteiger partial charge in [-0.1, -0.05) is 12.1 Å². The average Bonchev–Trinajstić information content (AvgIpc) is 3.44. The molecular formula is C19H26N4O3. The quantitative estimate of drug-likeness (QED) is 0.679. The second kappa shape index (κ2) is 8.31. The molecule has 0 unspecified atom stereocenters. The van der Waals surface area contributed by atoms with Gasteiger partial charge in [0.15, 0.2) is 0 Å². The summed E-state index contributed by atoms with van der Waals surface area (Å²) in [6, 6.07) is 7.34. The zero-order valence-corrected chi connectivity index (χ0v) is 14.9. The topological polar surface area (TPSA) is 105 Å². The molecule has 4 N–H and O–H groups in total. The van der Waals surface area contributed by atoms with Crippen molar-refractivity contribution in [3.63, 3.8) is 0 Å². The van der Waals surface area contributed by atoms with Crippen LogP contribution in [0.25, 0.3) is 0 Å². The maximum Gasteiger partial charge on any atom is 0.253 e. The van der Waals surface area contributed by atoms with Gasteiger partial charge >= 0.3 is 0 Å². The number of piperidine rings is 1. The van der Waals surface area contributed by atoms with Crippen LogP contribution in [0.3, 0.4) is 0 Å². The lowest BCUT2D eigenvalue weighted by molar-refractivity contribution is -0.123. The van der Waals surface area contributed by atoms with Crippen LogP contribution in [0.1, 0.15) is 42.5 Å². The molecule has 1 aliphatic carbocycles. The number of amides is 3. The predicted octanol–water partition coefficient (Wildman–Crippen LogP) is 1.10. The van der Waals surface area contributed by atoms with E-state index < -0.39 is 0 Å². The number of nitrogens with zero attached hydrogens (tertiary/aromatic N) is 1. The van der Waals surface area contributed by atoms with Gasteiger partial charge in [-0.3, -0.25) is 14.4 Å². The number of likely N-dealkylation sites (tertiary alicyclic amines) is 1. The Morgan fingerprint density at radius 2 is 1.77 bits per heavy atom. The molecule has 1 aromatic rings. The molecule has 140 valence electrons. The molecular weight excluding hydrogens is 332 g/mol. The second-order valence-electron chi connectivity index (χ2n) is 7.11. The van der Waals surface area contributed by atoms with Crippen molar-refractivity contribution in [2.45, 2.75) is 38.1 Å². The van der Waals surface area contributed by atoms with E-state index >= 15 is 0 Å². The van der Waals surface area contributed by atoms with Crippen molar-refractivity contribution >= 4 is 23.4 Å². The number of nitrogens with two attached hydrogens (primary N) is 1. The van der Waals surface area contributed by atoms with Crippen molar-refractivity contribution in [3.05, 3.63) is 29.8 Å². The van der Waals surface area contributed by atoms with Gasteiger partial charge in [0.2, 0.25) is 11.8 Å². The Morgan fingerprint density at radius 1 is 1.08 bits per heavy atom. The van der Waals surface area contributed by atoms with Gasteiger partial charge in [0.25, 0.3) is 5.91 Å². The summed E-state index contributed by atoms with van der Waals surface area (Å²) in [5.41, 5.74) is 6.38. The first kappa shape index (κ1) is 18.4. The molecule has 26 heavy (non-hydrogen) atoms. The van der Waals surface area contributed by atoms with Crippen molar-refractivity contribution in [1.29, 1.82) is 0 Å². The Hall–Kier alpha value is -2.41. The van der Waals surface area contributed by atoms with Crippen LogP contribution in [0, 0.1) is 5.92 Å². The lowest BCUT2D eigenvalue weighted by Gasteiger charge is -2.30. The highest BCUT2D eigenvalue weighted by Crippen LogP contribution is 2.22. The fraction of sp³-hybridized carbons (Fsp3) is 0.526. The number of carbonyl (C=O) groups is 3. The molecule has 1 heterocycles. The van der Waals surface area contributed by atoms with Crippen LogP contribution in [0.15, 0.2) is 24.3 Å². The van der Waals surface area contributed by atoms with E-state index in [1.54, 1.807) is 24.3 Å². The Morgan fingerprint density at radius 3 is 2.42 bits per heavy atom. The summed E-state index contributed by atoms with van der Waals surface area (Å²) in [7, 11) is 0. The number of anilines is 1. The number of nitrogens with one attached hydrogen (secondary N) is 2. The van der Waals surface area contributed by atoms with E-state index in [2.05, 4.69) is 15.5 Å². The standard InChI is InChI=1S/C19H26N4O3/c20-18(25)13-7-10-23(11-8-13)12-9-17(24)22-16-4-2-1-3-15(16)19(26)21-14-5-6-14/h1-4,13-14H,5-12H2,(H2,20,25)(H,21,26)(H,22,24). The highest BCUT2D eigenvalue weighted by atomic mass is 16.2. The highest BCUT2D eigenvalue weighted by molar-refractivity contribution is 6.03. The van der Waals surface area contributed by atoms with Crippen LogP contribution in [0.5, 0.6) is 0 Å². The van der Waals surface area contributed by atoms with Crippen LogP contribution < -0.4 is 16.4 Å². The molecule has 1 aliphatic heterocycles. The molecule has 0 atom stereocenters. The molecule has 3 rings (SSSR count). The van der Waals surface area contributed by atoms with Gasteiger partial charge in [-0.25, -0.2) is 0 Å². The maximum absolute atomic E-state index is 12.3. The van der Waals surface area contributed by atoms with E-state index in [0.717, 1.165) is 38.8 Å². The SMILES string of the molecule is NC(=O)C1CCN(CCC(=O)Nc2ccccc2C(=O)NC2CC2)CC1. The summed E-state index contributed by atoms with van der Waals surface area (Å²) >= 11 is 0.